The molecule has 1 saturated heterocycles. The van der Waals surface area contributed by atoms with Gasteiger partial charge >= 0.3 is 5.69 Å². The Bertz CT molecular complexity index is 967. The van der Waals surface area contributed by atoms with Gasteiger partial charge < -0.3 is 15.6 Å². The maximum atomic E-state index is 12.8. The van der Waals surface area contributed by atoms with Gasteiger partial charge in [-0.15, -0.1) is 12.4 Å². The molecule has 2 aliphatic rings. The van der Waals surface area contributed by atoms with Gasteiger partial charge in [-0.2, -0.15) is 0 Å². The summed E-state index contributed by atoms with van der Waals surface area (Å²) in [6.45, 7) is 3.48. The van der Waals surface area contributed by atoms with Gasteiger partial charge in [-0.1, -0.05) is 0 Å². The average molecular weight is 379 g/mol. The molecule has 140 valence electrons. The Morgan fingerprint density at radius 2 is 2.04 bits per heavy atom. The molecular weight excluding hydrogens is 356 g/mol. The minimum atomic E-state index is -0.453. The molecule has 2 aromatic rings. The van der Waals surface area contributed by atoms with Crippen LogP contribution >= 0.6 is 12.4 Å². The lowest BCUT2D eigenvalue weighted by molar-refractivity contribution is 0.0779. The van der Waals surface area contributed by atoms with Crippen LogP contribution in [0.5, 0.6) is 0 Å². The topological polar surface area (TPSA) is 101 Å². The average Bonchev–Trinajstić information content (AvgIpc) is 3.16. The van der Waals surface area contributed by atoms with Crippen LogP contribution in [0.25, 0.3) is 10.9 Å². The molecule has 26 heavy (non-hydrogen) atoms. The minimum Gasteiger partial charge on any atom is -0.338 e. The smallest absolute Gasteiger partial charge is 0.328 e. The van der Waals surface area contributed by atoms with Crippen molar-refractivity contribution in [3.63, 3.8) is 0 Å². The van der Waals surface area contributed by atoms with Gasteiger partial charge in [-0.05, 0) is 49.8 Å². The first kappa shape index (κ1) is 18.7. The van der Waals surface area contributed by atoms with Crippen molar-refractivity contribution in [1.82, 2.24) is 14.5 Å². The number of nitrogens with one attached hydrogen (secondary N) is 1. The van der Waals surface area contributed by atoms with E-state index < -0.39 is 5.69 Å². The van der Waals surface area contributed by atoms with Gasteiger partial charge in [0.25, 0.3) is 11.5 Å². The van der Waals surface area contributed by atoms with Crippen LogP contribution in [-0.4, -0.2) is 39.5 Å². The lowest BCUT2D eigenvalue weighted by atomic mass is 9.98. The van der Waals surface area contributed by atoms with E-state index in [-0.39, 0.29) is 29.9 Å². The van der Waals surface area contributed by atoms with Gasteiger partial charge in [-0.3, -0.25) is 14.2 Å². The first-order valence-electron chi connectivity index (χ1n) is 8.81. The van der Waals surface area contributed by atoms with Crippen LogP contribution in [0.4, 0.5) is 0 Å². The molecule has 8 heteroatoms. The fourth-order valence-corrected chi connectivity index (χ4v) is 4.33. The summed E-state index contributed by atoms with van der Waals surface area (Å²) in [5.74, 6) is 0.820. The first-order valence-corrected chi connectivity index (χ1v) is 8.81. The molecule has 0 radical (unpaired) electrons. The van der Waals surface area contributed by atoms with Crippen molar-refractivity contribution in [1.29, 1.82) is 0 Å². The summed E-state index contributed by atoms with van der Waals surface area (Å²) in [6, 6.07) is 5.07. The molecular formula is C18H23ClN4O3. The zero-order chi connectivity index (χ0) is 17.7. The molecule has 1 aliphatic carbocycles. The highest BCUT2D eigenvalue weighted by Crippen LogP contribution is 2.37. The second kappa shape index (κ2) is 6.89. The number of nitrogens with zero attached hydrogens (tertiary/aromatic N) is 2. The van der Waals surface area contributed by atoms with E-state index in [1.54, 1.807) is 25.1 Å². The summed E-state index contributed by atoms with van der Waals surface area (Å²) < 4.78 is 1.15. The molecule has 3 N–H and O–H groups in total. The number of aromatic amines is 1. The number of halogens is 1. The summed E-state index contributed by atoms with van der Waals surface area (Å²) >= 11 is 0. The highest BCUT2D eigenvalue weighted by Gasteiger charge is 2.42. The number of hydrogen-bond acceptors (Lipinski definition) is 4. The Balaban J connectivity index is 0.00000196. The second-order valence-corrected chi connectivity index (χ2v) is 7.12. The van der Waals surface area contributed by atoms with Gasteiger partial charge in [0.1, 0.15) is 0 Å². The number of carbonyl (C=O) groups excluding carboxylic acids is 1. The Morgan fingerprint density at radius 3 is 2.73 bits per heavy atom. The normalized spacial score (nSPS) is 24.5. The summed E-state index contributed by atoms with van der Waals surface area (Å²) in [6.07, 6.45) is 2.12. The molecule has 3 atom stereocenters. The molecule has 0 bridgehead atoms. The standard InChI is InChI=1S/C18H22N4O3.ClH/c1-2-22-17(24)12-5-3-10(7-15(12)20-18(22)25)16(23)21-8-11-4-6-14(19)13(11)9-21;/h3,5,7,11,13-14H,2,4,6,8-9,19H2,1H3,(H,20,25);1H. The lowest BCUT2D eigenvalue weighted by Crippen LogP contribution is -2.35. The number of fused-ring (bicyclic) bond motifs is 2. The van der Waals surface area contributed by atoms with Crippen molar-refractivity contribution in [3.05, 3.63) is 44.6 Å². The fourth-order valence-electron chi connectivity index (χ4n) is 4.33. The predicted molar refractivity (Wildman–Crippen MR) is 102 cm³/mol. The Hall–Kier alpha value is -2.12. The number of hydrogen-bond donors (Lipinski definition) is 2. The zero-order valence-corrected chi connectivity index (χ0v) is 15.4. The monoisotopic (exact) mass is 378 g/mol. The van der Waals surface area contributed by atoms with Gasteiger partial charge in [-0.25, -0.2) is 4.79 Å². The number of aromatic nitrogens is 2. The van der Waals surface area contributed by atoms with Crippen LogP contribution in [0.3, 0.4) is 0 Å². The second-order valence-electron chi connectivity index (χ2n) is 7.12. The van der Waals surface area contributed by atoms with Crippen molar-refractivity contribution in [3.8, 4) is 0 Å². The number of amides is 1. The molecule has 2 heterocycles. The van der Waals surface area contributed by atoms with Crippen LogP contribution in [0.2, 0.25) is 0 Å². The van der Waals surface area contributed by atoms with Crippen LogP contribution in [-0.2, 0) is 6.54 Å². The molecule has 3 unspecified atom stereocenters. The minimum absolute atomic E-state index is 0. The number of H-pyrrole nitrogens is 1. The molecule has 4 rings (SSSR count). The molecule has 1 saturated carbocycles. The summed E-state index contributed by atoms with van der Waals surface area (Å²) in [5, 5.41) is 0.415. The van der Waals surface area contributed by atoms with Crippen molar-refractivity contribution in [2.75, 3.05) is 13.1 Å². The van der Waals surface area contributed by atoms with E-state index in [1.807, 2.05) is 4.90 Å². The van der Waals surface area contributed by atoms with Crippen molar-refractivity contribution in [2.45, 2.75) is 32.4 Å². The van der Waals surface area contributed by atoms with Crippen LogP contribution in [0, 0.1) is 11.8 Å². The van der Waals surface area contributed by atoms with Gasteiger partial charge in [0.2, 0.25) is 0 Å². The fraction of sp³-hybridized carbons (Fsp3) is 0.500. The molecule has 7 nitrogen and oxygen atoms in total. The summed E-state index contributed by atoms with van der Waals surface area (Å²) in [7, 11) is 0. The van der Waals surface area contributed by atoms with Crippen molar-refractivity contribution in [2.24, 2.45) is 17.6 Å². The van der Waals surface area contributed by atoms with E-state index in [0.717, 1.165) is 24.0 Å². The van der Waals surface area contributed by atoms with Gasteiger partial charge in [0, 0.05) is 31.2 Å². The highest BCUT2D eigenvalue weighted by molar-refractivity contribution is 5.97. The molecule has 0 spiro atoms. The van der Waals surface area contributed by atoms with E-state index >= 15 is 0 Å². The third-order valence-electron chi connectivity index (χ3n) is 5.74. The third-order valence-corrected chi connectivity index (χ3v) is 5.74. The number of nitrogens with two attached hydrogens (primary N) is 1. The Kier molecular flexibility index (Phi) is 4.94. The van der Waals surface area contributed by atoms with E-state index in [2.05, 4.69) is 4.98 Å². The van der Waals surface area contributed by atoms with Crippen LogP contribution in [0.1, 0.15) is 30.1 Å². The highest BCUT2D eigenvalue weighted by atomic mass is 35.5. The van der Waals surface area contributed by atoms with E-state index in [9.17, 15) is 14.4 Å². The van der Waals surface area contributed by atoms with Crippen molar-refractivity contribution < 1.29 is 4.79 Å². The molecule has 1 amide bonds. The van der Waals surface area contributed by atoms with E-state index in [4.69, 9.17) is 5.73 Å². The maximum Gasteiger partial charge on any atom is 0.328 e. The maximum absolute atomic E-state index is 12.8. The van der Waals surface area contributed by atoms with E-state index in [1.165, 1.54) is 0 Å². The van der Waals surface area contributed by atoms with Gasteiger partial charge in [0.15, 0.2) is 0 Å². The molecule has 2 fully saturated rings. The predicted octanol–water partition coefficient (Wildman–Crippen LogP) is 0.941. The number of rotatable bonds is 2. The van der Waals surface area contributed by atoms with E-state index in [0.29, 0.717) is 41.4 Å². The van der Waals surface area contributed by atoms with Crippen molar-refractivity contribution >= 4 is 29.2 Å². The largest absolute Gasteiger partial charge is 0.338 e. The third kappa shape index (κ3) is 2.85. The number of carbonyl (C=O) groups is 1. The van der Waals surface area contributed by atoms with Crippen LogP contribution in [0.15, 0.2) is 27.8 Å². The molecule has 1 aliphatic heterocycles. The zero-order valence-electron chi connectivity index (χ0n) is 14.6. The molecule has 1 aromatic heterocycles. The number of benzene rings is 1. The Labute approximate surface area is 156 Å². The lowest BCUT2D eigenvalue weighted by Gasteiger charge is -2.19. The first-order chi connectivity index (χ1) is 12.0. The Morgan fingerprint density at radius 1 is 1.27 bits per heavy atom. The quantitative estimate of drug-likeness (QED) is 0.812. The van der Waals surface area contributed by atoms with Gasteiger partial charge in [0.05, 0.1) is 10.9 Å². The SMILES string of the molecule is CCn1c(=O)[nH]c2cc(C(=O)N3CC4CCC(N)C4C3)ccc2c1=O.Cl. The summed E-state index contributed by atoms with van der Waals surface area (Å²) in [4.78, 5) is 41.7. The van der Waals surface area contributed by atoms with Crippen LogP contribution < -0.4 is 17.0 Å². The summed E-state index contributed by atoms with van der Waals surface area (Å²) in [5.41, 5.74) is 6.25. The number of likely N-dealkylation sites (tertiary alicyclic amines) is 1. The molecule has 1 aromatic carbocycles.